The van der Waals surface area contributed by atoms with E-state index in [0.717, 1.165) is 26.1 Å². The van der Waals surface area contributed by atoms with Crippen LogP contribution in [0.15, 0.2) is 24.3 Å². The van der Waals surface area contributed by atoms with Crippen molar-refractivity contribution in [2.45, 2.75) is 218 Å². The predicted molar refractivity (Wildman–Crippen MR) is 187 cm³/mol. The van der Waals surface area contributed by atoms with Crippen molar-refractivity contribution in [3.8, 4) is 0 Å². The Morgan fingerprint density at radius 3 is 1.30 bits per heavy atom. The molecule has 2 aliphatic rings. The molecule has 252 valence electrons. The van der Waals surface area contributed by atoms with E-state index in [1.54, 1.807) is 0 Å². The van der Waals surface area contributed by atoms with Gasteiger partial charge >= 0.3 is 0 Å². The highest BCUT2D eigenvalue weighted by Gasteiger charge is 2.19. The van der Waals surface area contributed by atoms with Gasteiger partial charge in [0.1, 0.15) is 0 Å². The Morgan fingerprint density at radius 2 is 0.907 bits per heavy atom. The van der Waals surface area contributed by atoms with Crippen molar-refractivity contribution in [2.75, 3.05) is 13.2 Å². The standard InChI is InChI=1S/C40H74O3/c1-3-5-7-9-11-13-15-17-21-29-39(31-25-19-23-27-37-33-35-41-37)43-40(32-26-20-24-28-38-34-36-42-38)30-22-18-16-14-12-10-8-6-4-2/h17-18,21-22,37-40H,3-16,19-20,23-36H2,1-2H3/b21-17-,22-18-. The third-order valence-corrected chi connectivity index (χ3v) is 9.66. The van der Waals surface area contributed by atoms with Gasteiger partial charge in [0.2, 0.25) is 0 Å². The molecule has 3 heteroatoms. The van der Waals surface area contributed by atoms with Gasteiger partial charge in [0, 0.05) is 13.2 Å². The van der Waals surface area contributed by atoms with Crippen LogP contribution in [-0.2, 0) is 14.2 Å². The molecule has 0 N–H and O–H groups in total. The topological polar surface area (TPSA) is 27.7 Å². The Morgan fingerprint density at radius 1 is 0.512 bits per heavy atom. The van der Waals surface area contributed by atoms with Crippen LogP contribution in [0.4, 0.5) is 0 Å². The van der Waals surface area contributed by atoms with Crippen molar-refractivity contribution in [3.63, 3.8) is 0 Å². The second-order valence-corrected chi connectivity index (χ2v) is 13.7. The zero-order valence-electron chi connectivity index (χ0n) is 29.1. The highest BCUT2D eigenvalue weighted by molar-refractivity contribution is 4.88. The van der Waals surface area contributed by atoms with Crippen LogP contribution in [-0.4, -0.2) is 37.6 Å². The van der Waals surface area contributed by atoms with Crippen LogP contribution in [0.3, 0.4) is 0 Å². The Kier molecular flexibility index (Phi) is 25.8. The largest absolute Gasteiger partial charge is 0.378 e. The number of allylic oxidation sites excluding steroid dienone is 2. The smallest absolute Gasteiger partial charge is 0.0613 e. The van der Waals surface area contributed by atoms with Crippen LogP contribution < -0.4 is 0 Å². The average Bonchev–Trinajstić information content (AvgIpc) is 2.96. The number of ether oxygens (including phenoxy) is 3. The zero-order valence-corrected chi connectivity index (χ0v) is 29.1. The second-order valence-electron chi connectivity index (χ2n) is 13.7. The normalized spacial score (nSPS) is 20.0. The lowest BCUT2D eigenvalue weighted by Crippen LogP contribution is -2.26. The molecule has 2 heterocycles. The first-order valence-electron chi connectivity index (χ1n) is 19.5. The summed E-state index contributed by atoms with van der Waals surface area (Å²) in [5, 5.41) is 0. The Labute approximate surface area is 269 Å². The molecule has 2 saturated heterocycles. The van der Waals surface area contributed by atoms with E-state index >= 15 is 0 Å². The molecule has 0 spiro atoms. The fourth-order valence-electron chi connectivity index (χ4n) is 6.44. The highest BCUT2D eigenvalue weighted by atomic mass is 16.5. The summed E-state index contributed by atoms with van der Waals surface area (Å²) >= 11 is 0. The summed E-state index contributed by atoms with van der Waals surface area (Å²) < 4.78 is 18.2. The summed E-state index contributed by atoms with van der Waals surface area (Å²) in [6, 6.07) is 0. The van der Waals surface area contributed by atoms with Gasteiger partial charge in [-0.3, -0.25) is 0 Å². The quantitative estimate of drug-likeness (QED) is 0.0566. The van der Waals surface area contributed by atoms with Gasteiger partial charge in [-0.05, 0) is 77.0 Å². The van der Waals surface area contributed by atoms with Crippen molar-refractivity contribution in [1.29, 1.82) is 0 Å². The maximum absolute atomic E-state index is 6.96. The third-order valence-electron chi connectivity index (χ3n) is 9.66. The molecule has 0 aromatic heterocycles. The molecule has 0 amide bonds. The van der Waals surface area contributed by atoms with E-state index < -0.39 is 0 Å². The molecule has 0 aromatic rings. The molecule has 4 atom stereocenters. The first-order chi connectivity index (χ1) is 21.3. The van der Waals surface area contributed by atoms with E-state index in [-0.39, 0.29) is 0 Å². The zero-order chi connectivity index (χ0) is 30.5. The summed E-state index contributed by atoms with van der Waals surface area (Å²) in [6.07, 6.45) is 48.0. The van der Waals surface area contributed by atoms with Crippen molar-refractivity contribution < 1.29 is 14.2 Å². The molecule has 0 aromatic carbocycles. The molecule has 2 rings (SSSR count). The van der Waals surface area contributed by atoms with Gasteiger partial charge in [-0.1, -0.05) is 141 Å². The van der Waals surface area contributed by atoms with E-state index in [2.05, 4.69) is 38.2 Å². The molecule has 0 aliphatic carbocycles. The minimum absolute atomic E-state index is 0.362. The minimum Gasteiger partial charge on any atom is -0.378 e. The maximum atomic E-state index is 6.96. The van der Waals surface area contributed by atoms with Gasteiger partial charge in [-0.15, -0.1) is 0 Å². The number of hydrogen-bond acceptors (Lipinski definition) is 3. The van der Waals surface area contributed by atoms with Crippen LogP contribution in [0.2, 0.25) is 0 Å². The Balaban J connectivity index is 1.77. The van der Waals surface area contributed by atoms with Crippen molar-refractivity contribution >= 4 is 0 Å². The molecule has 2 aliphatic heterocycles. The SMILES string of the molecule is CCCCCCCC/C=C\CC(CCCCCC1CCO1)OC(C/C=C\CCCCCCCC)CCCCCC1CCO1. The van der Waals surface area contributed by atoms with Crippen LogP contribution in [0, 0.1) is 0 Å². The lowest BCUT2D eigenvalue weighted by atomic mass is 10.0. The average molecular weight is 603 g/mol. The van der Waals surface area contributed by atoms with Gasteiger partial charge in [0.25, 0.3) is 0 Å². The fraction of sp³-hybridized carbons (Fsp3) is 0.900. The fourth-order valence-corrected chi connectivity index (χ4v) is 6.44. The van der Waals surface area contributed by atoms with Crippen molar-refractivity contribution in [1.82, 2.24) is 0 Å². The molecular weight excluding hydrogens is 528 g/mol. The van der Waals surface area contributed by atoms with Gasteiger partial charge in [0.05, 0.1) is 24.4 Å². The number of hydrogen-bond donors (Lipinski definition) is 0. The van der Waals surface area contributed by atoms with Crippen molar-refractivity contribution in [2.24, 2.45) is 0 Å². The lowest BCUT2D eigenvalue weighted by molar-refractivity contribution is -0.0560. The maximum Gasteiger partial charge on any atom is 0.0613 e. The molecule has 0 radical (unpaired) electrons. The van der Waals surface area contributed by atoms with Gasteiger partial charge in [-0.25, -0.2) is 0 Å². The van der Waals surface area contributed by atoms with Crippen LogP contribution >= 0.6 is 0 Å². The summed E-state index contributed by atoms with van der Waals surface area (Å²) in [7, 11) is 0. The van der Waals surface area contributed by atoms with E-state index in [1.165, 1.54) is 167 Å². The Bertz CT molecular complexity index is 582. The Hall–Kier alpha value is -0.640. The predicted octanol–water partition coefficient (Wildman–Crippen LogP) is 12.6. The highest BCUT2D eigenvalue weighted by Crippen LogP contribution is 2.23. The molecule has 0 bridgehead atoms. The second kappa shape index (κ2) is 28.8. The molecular formula is C40H74O3. The van der Waals surface area contributed by atoms with Crippen LogP contribution in [0.25, 0.3) is 0 Å². The van der Waals surface area contributed by atoms with Crippen LogP contribution in [0.5, 0.6) is 0 Å². The molecule has 4 unspecified atom stereocenters. The van der Waals surface area contributed by atoms with Gasteiger partial charge in [-0.2, -0.15) is 0 Å². The molecule has 0 saturated carbocycles. The van der Waals surface area contributed by atoms with E-state index in [1.807, 2.05) is 0 Å². The molecule has 3 nitrogen and oxygen atoms in total. The summed E-state index contributed by atoms with van der Waals surface area (Å²) in [5.74, 6) is 0. The van der Waals surface area contributed by atoms with Gasteiger partial charge in [0.15, 0.2) is 0 Å². The summed E-state index contributed by atoms with van der Waals surface area (Å²) in [5.41, 5.74) is 0. The summed E-state index contributed by atoms with van der Waals surface area (Å²) in [4.78, 5) is 0. The number of rotatable bonds is 32. The van der Waals surface area contributed by atoms with Crippen LogP contribution in [0.1, 0.15) is 194 Å². The van der Waals surface area contributed by atoms with E-state index in [9.17, 15) is 0 Å². The number of unbranched alkanes of at least 4 members (excludes halogenated alkanes) is 16. The first kappa shape index (κ1) is 38.5. The first-order valence-corrected chi connectivity index (χ1v) is 19.5. The van der Waals surface area contributed by atoms with Crippen molar-refractivity contribution in [3.05, 3.63) is 24.3 Å². The third kappa shape index (κ3) is 22.5. The minimum atomic E-state index is 0.362. The van der Waals surface area contributed by atoms with E-state index in [4.69, 9.17) is 14.2 Å². The summed E-state index contributed by atoms with van der Waals surface area (Å²) in [6.45, 7) is 6.56. The monoisotopic (exact) mass is 603 g/mol. The molecule has 2 fully saturated rings. The van der Waals surface area contributed by atoms with E-state index in [0.29, 0.717) is 24.4 Å². The lowest BCUT2D eigenvalue weighted by Gasteiger charge is -2.27. The van der Waals surface area contributed by atoms with Gasteiger partial charge < -0.3 is 14.2 Å². The molecule has 43 heavy (non-hydrogen) atoms.